The number of hydrogen-bond donors (Lipinski definition) is 0. The van der Waals surface area contributed by atoms with Crippen LogP contribution in [0.2, 0.25) is 5.02 Å². The molecule has 2 aromatic heterocycles. The van der Waals surface area contributed by atoms with Crippen LogP contribution in [-0.4, -0.2) is 17.1 Å². The lowest BCUT2D eigenvalue weighted by Crippen LogP contribution is -1.94. The summed E-state index contributed by atoms with van der Waals surface area (Å²) >= 11 is 6.05. The van der Waals surface area contributed by atoms with E-state index in [0.717, 1.165) is 16.8 Å². The van der Waals surface area contributed by atoms with E-state index in [2.05, 4.69) is 9.97 Å². The smallest absolute Gasteiger partial charge is 0.232 e. The third kappa shape index (κ3) is 1.99. The molecule has 0 aromatic carbocycles. The van der Waals surface area contributed by atoms with Gasteiger partial charge in [-0.3, -0.25) is 4.98 Å². The van der Waals surface area contributed by atoms with E-state index >= 15 is 0 Å². The van der Waals surface area contributed by atoms with E-state index in [1.165, 1.54) is 0 Å². The minimum Gasteiger partial charge on any atom is -0.480 e. The molecule has 0 bridgehead atoms. The van der Waals surface area contributed by atoms with Crippen LogP contribution in [0.25, 0.3) is 11.1 Å². The summed E-state index contributed by atoms with van der Waals surface area (Å²) in [4.78, 5) is 8.27. The molecular weight excluding hydrogens is 224 g/mol. The molecule has 0 aliphatic heterocycles. The third-order valence-electron chi connectivity index (χ3n) is 2.32. The van der Waals surface area contributed by atoms with Crippen LogP contribution in [0.3, 0.4) is 0 Å². The Hall–Kier alpha value is -1.61. The quantitative estimate of drug-likeness (QED) is 0.801. The highest BCUT2D eigenvalue weighted by Crippen LogP contribution is 2.30. The number of hydrogen-bond acceptors (Lipinski definition) is 3. The lowest BCUT2D eigenvalue weighted by molar-refractivity contribution is 0.397. The van der Waals surface area contributed by atoms with Gasteiger partial charge in [0.25, 0.3) is 0 Å². The van der Waals surface area contributed by atoms with Gasteiger partial charge in [-0.15, -0.1) is 0 Å². The predicted octanol–water partition coefficient (Wildman–Crippen LogP) is 3.11. The molecule has 0 spiro atoms. The van der Waals surface area contributed by atoms with E-state index in [9.17, 15) is 0 Å². The van der Waals surface area contributed by atoms with Crippen LogP contribution in [-0.2, 0) is 0 Å². The highest BCUT2D eigenvalue weighted by molar-refractivity contribution is 6.32. The van der Waals surface area contributed by atoms with Gasteiger partial charge < -0.3 is 4.74 Å². The molecule has 0 atom stereocenters. The number of rotatable bonds is 2. The molecule has 0 unspecified atom stereocenters. The Bertz CT molecular complexity index is 500. The molecule has 0 aliphatic carbocycles. The number of aromatic nitrogens is 2. The Morgan fingerprint density at radius 1 is 1.25 bits per heavy atom. The van der Waals surface area contributed by atoms with Crippen molar-refractivity contribution in [3.8, 4) is 17.0 Å². The molecule has 82 valence electrons. The fraction of sp³-hybridized carbons (Fsp3) is 0.167. The van der Waals surface area contributed by atoms with Crippen LogP contribution in [0.15, 0.2) is 30.6 Å². The molecule has 0 amide bonds. The van der Waals surface area contributed by atoms with E-state index in [0.29, 0.717) is 10.9 Å². The third-order valence-corrected chi connectivity index (χ3v) is 2.59. The molecule has 2 aromatic rings. The minimum atomic E-state index is 0.456. The topological polar surface area (TPSA) is 35.0 Å². The van der Waals surface area contributed by atoms with Gasteiger partial charge in [0, 0.05) is 23.7 Å². The van der Waals surface area contributed by atoms with Gasteiger partial charge in [-0.1, -0.05) is 11.6 Å². The molecule has 3 nitrogen and oxygen atoms in total. The molecule has 16 heavy (non-hydrogen) atoms. The number of halogens is 1. The maximum atomic E-state index is 6.05. The second-order valence-corrected chi connectivity index (χ2v) is 3.76. The lowest BCUT2D eigenvalue weighted by atomic mass is 10.1. The summed E-state index contributed by atoms with van der Waals surface area (Å²) in [5.74, 6) is 0.456. The first kappa shape index (κ1) is 10.9. The highest BCUT2D eigenvalue weighted by atomic mass is 35.5. The minimum absolute atomic E-state index is 0.456. The summed E-state index contributed by atoms with van der Waals surface area (Å²) in [5, 5.41) is 0.514. The van der Waals surface area contributed by atoms with Crippen LogP contribution in [0.4, 0.5) is 0 Å². The summed E-state index contributed by atoms with van der Waals surface area (Å²) < 4.78 is 5.06. The van der Waals surface area contributed by atoms with Crippen LogP contribution in [0, 0.1) is 6.92 Å². The van der Waals surface area contributed by atoms with Crippen molar-refractivity contribution in [2.45, 2.75) is 6.92 Å². The van der Waals surface area contributed by atoms with Crippen molar-refractivity contribution < 1.29 is 4.74 Å². The standard InChI is InChI=1S/C12H11ClN2O/c1-8-10(9-3-5-14-6-4-9)7-11(13)12(15-8)16-2/h3-7H,1-2H3. The van der Waals surface area contributed by atoms with E-state index < -0.39 is 0 Å². The number of methoxy groups -OCH3 is 1. The molecular formula is C12H11ClN2O. The average Bonchev–Trinajstić information content (AvgIpc) is 2.32. The molecule has 0 saturated carbocycles. The van der Waals surface area contributed by atoms with Gasteiger partial charge in [-0.25, -0.2) is 4.98 Å². The Kier molecular flexibility index (Phi) is 3.06. The first-order valence-corrected chi connectivity index (χ1v) is 5.21. The van der Waals surface area contributed by atoms with Crippen molar-refractivity contribution in [2.75, 3.05) is 7.11 Å². The van der Waals surface area contributed by atoms with Crippen molar-refractivity contribution in [3.63, 3.8) is 0 Å². The van der Waals surface area contributed by atoms with Crippen LogP contribution in [0.1, 0.15) is 5.69 Å². The summed E-state index contributed by atoms with van der Waals surface area (Å²) in [6.07, 6.45) is 3.49. The number of pyridine rings is 2. The molecule has 4 heteroatoms. The summed E-state index contributed by atoms with van der Waals surface area (Å²) in [6, 6.07) is 5.71. The Balaban J connectivity index is 2.55. The Labute approximate surface area is 99.1 Å². The molecule has 0 N–H and O–H groups in total. The van der Waals surface area contributed by atoms with Gasteiger partial charge in [0.05, 0.1) is 7.11 Å². The first-order valence-electron chi connectivity index (χ1n) is 4.84. The van der Waals surface area contributed by atoms with E-state index in [1.54, 1.807) is 19.5 Å². The summed E-state index contributed by atoms with van der Waals surface area (Å²) in [7, 11) is 1.56. The van der Waals surface area contributed by atoms with Crippen molar-refractivity contribution in [3.05, 3.63) is 41.3 Å². The molecule has 2 heterocycles. The van der Waals surface area contributed by atoms with Crippen molar-refractivity contribution in [1.29, 1.82) is 0 Å². The predicted molar refractivity (Wildman–Crippen MR) is 63.8 cm³/mol. The zero-order valence-electron chi connectivity index (χ0n) is 9.07. The Morgan fingerprint density at radius 3 is 2.56 bits per heavy atom. The van der Waals surface area contributed by atoms with Gasteiger partial charge >= 0.3 is 0 Å². The SMILES string of the molecule is COc1nc(C)c(-c2ccncc2)cc1Cl. The number of ether oxygens (including phenoxy) is 1. The first-order chi connectivity index (χ1) is 7.72. The van der Waals surface area contributed by atoms with E-state index in [1.807, 2.05) is 25.1 Å². The van der Waals surface area contributed by atoms with Crippen LogP contribution < -0.4 is 4.74 Å². The maximum absolute atomic E-state index is 6.05. The largest absolute Gasteiger partial charge is 0.480 e. The second kappa shape index (κ2) is 4.49. The lowest BCUT2D eigenvalue weighted by Gasteiger charge is -2.08. The molecule has 0 fully saturated rings. The maximum Gasteiger partial charge on any atom is 0.232 e. The van der Waals surface area contributed by atoms with E-state index in [4.69, 9.17) is 16.3 Å². The van der Waals surface area contributed by atoms with Gasteiger partial charge in [-0.2, -0.15) is 0 Å². The van der Waals surface area contributed by atoms with Gasteiger partial charge in [0.1, 0.15) is 5.02 Å². The molecule has 0 radical (unpaired) electrons. The van der Waals surface area contributed by atoms with E-state index in [-0.39, 0.29) is 0 Å². The summed E-state index contributed by atoms with van der Waals surface area (Å²) in [5.41, 5.74) is 2.92. The van der Waals surface area contributed by atoms with Crippen LogP contribution >= 0.6 is 11.6 Å². The van der Waals surface area contributed by atoms with Crippen LogP contribution in [0.5, 0.6) is 5.88 Å². The van der Waals surface area contributed by atoms with Crippen molar-refractivity contribution >= 4 is 11.6 Å². The zero-order chi connectivity index (χ0) is 11.5. The molecule has 0 saturated heterocycles. The van der Waals surface area contributed by atoms with Gasteiger partial charge in [0.2, 0.25) is 5.88 Å². The fourth-order valence-corrected chi connectivity index (χ4v) is 1.75. The molecule has 2 rings (SSSR count). The average molecular weight is 235 g/mol. The second-order valence-electron chi connectivity index (χ2n) is 3.35. The van der Waals surface area contributed by atoms with Crippen molar-refractivity contribution in [1.82, 2.24) is 9.97 Å². The van der Waals surface area contributed by atoms with Gasteiger partial charge in [-0.05, 0) is 30.7 Å². The fourth-order valence-electron chi connectivity index (χ4n) is 1.53. The normalized spacial score (nSPS) is 10.2. The van der Waals surface area contributed by atoms with Crippen molar-refractivity contribution in [2.24, 2.45) is 0 Å². The molecule has 0 aliphatic rings. The number of aryl methyl sites for hydroxylation is 1. The Morgan fingerprint density at radius 2 is 1.94 bits per heavy atom. The summed E-state index contributed by atoms with van der Waals surface area (Å²) in [6.45, 7) is 1.93. The van der Waals surface area contributed by atoms with Gasteiger partial charge in [0.15, 0.2) is 0 Å². The highest BCUT2D eigenvalue weighted by Gasteiger charge is 2.09. The monoisotopic (exact) mass is 234 g/mol. The number of nitrogens with zero attached hydrogens (tertiary/aromatic N) is 2. The zero-order valence-corrected chi connectivity index (χ0v) is 9.82.